The average molecular weight is 235 g/mol. The molecule has 0 aliphatic carbocycles. The largest absolute Gasteiger partial charge is 0.461 e. The fourth-order valence-corrected chi connectivity index (χ4v) is 1.84. The normalized spacial score (nSPS) is 21.2. The van der Waals surface area contributed by atoms with Gasteiger partial charge in [-0.3, -0.25) is 4.79 Å². The van der Waals surface area contributed by atoms with E-state index in [0.29, 0.717) is 26.1 Å². The van der Waals surface area contributed by atoms with E-state index in [-0.39, 0.29) is 18.1 Å². The van der Waals surface area contributed by atoms with Crippen LogP contribution in [0.2, 0.25) is 0 Å². The molecule has 1 fully saturated rings. The molecule has 4 nitrogen and oxygen atoms in total. The van der Waals surface area contributed by atoms with E-state index in [1.807, 2.05) is 30.3 Å². The number of carbonyl (C=O) groups excluding carboxylic acids is 1. The Labute approximate surface area is 101 Å². The van der Waals surface area contributed by atoms with E-state index in [1.54, 1.807) is 0 Å². The van der Waals surface area contributed by atoms with Crippen LogP contribution in [0.25, 0.3) is 0 Å². The highest BCUT2D eigenvalue weighted by atomic mass is 16.6. The molecular weight excluding hydrogens is 218 g/mol. The highest BCUT2D eigenvalue weighted by molar-refractivity contribution is 5.71. The summed E-state index contributed by atoms with van der Waals surface area (Å²) in [4.78, 5) is 10.9. The predicted octanol–water partition coefficient (Wildman–Crippen LogP) is 1.24. The highest BCUT2D eigenvalue weighted by Gasteiger charge is 2.28. The lowest BCUT2D eigenvalue weighted by Crippen LogP contribution is -2.38. The van der Waals surface area contributed by atoms with Gasteiger partial charge < -0.3 is 15.2 Å². The van der Waals surface area contributed by atoms with Gasteiger partial charge in [-0.1, -0.05) is 30.3 Å². The molecule has 0 radical (unpaired) electrons. The zero-order chi connectivity index (χ0) is 12.1. The Morgan fingerprint density at radius 2 is 2.18 bits per heavy atom. The third-order valence-electron chi connectivity index (χ3n) is 2.82. The number of nitrogens with two attached hydrogens (primary N) is 1. The molecule has 1 heterocycles. The van der Waals surface area contributed by atoms with Crippen molar-refractivity contribution in [1.82, 2.24) is 0 Å². The quantitative estimate of drug-likeness (QED) is 0.780. The smallest absolute Gasteiger partial charge is 0.306 e. The van der Waals surface area contributed by atoms with Crippen LogP contribution in [0.3, 0.4) is 0 Å². The van der Waals surface area contributed by atoms with Crippen LogP contribution in [-0.2, 0) is 20.9 Å². The molecular formula is C13H17NO3. The van der Waals surface area contributed by atoms with Crippen molar-refractivity contribution in [3.63, 3.8) is 0 Å². The van der Waals surface area contributed by atoms with Crippen LogP contribution in [0, 0.1) is 0 Å². The molecule has 0 amide bonds. The summed E-state index contributed by atoms with van der Waals surface area (Å²) in [6.07, 6.45) is 0.990. The van der Waals surface area contributed by atoms with E-state index in [1.165, 1.54) is 0 Å². The van der Waals surface area contributed by atoms with Crippen molar-refractivity contribution in [2.24, 2.45) is 5.73 Å². The van der Waals surface area contributed by atoms with Gasteiger partial charge in [-0.15, -0.1) is 0 Å². The van der Waals surface area contributed by atoms with Gasteiger partial charge >= 0.3 is 5.97 Å². The minimum absolute atomic E-state index is 0.159. The molecule has 2 atom stereocenters. The summed E-state index contributed by atoms with van der Waals surface area (Å²) in [7, 11) is 0. The third kappa shape index (κ3) is 3.54. The Morgan fingerprint density at radius 1 is 1.41 bits per heavy atom. The van der Waals surface area contributed by atoms with Gasteiger partial charge in [0.2, 0.25) is 0 Å². The van der Waals surface area contributed by atoms with Crippen LogP contribution in [0.5, 0.6) is 0 Å². The molecule has 1 saturated heterocycles. The number of ether oxygens (including phenoxy) is 2. The lowest BCUT2D eigenvalue weighted by Gasteiger charge is -2.17. The van der Waals surface area contributed by atoms with Crippen molar-refractivity contribution in [2.75, 3.05) is 6.61 Å². The number of rotatable bonds is 5. The van der Waals surface area contributed by atoms with E-state index in [2.05, 4.69) is 0 Å². The van der Waals surface area contributed by atoms with Crippen LogP contribution < -0.4 is 5.73 Å². The van der Waals surface area contributed by atoms with Gasteiger partial charge in [0.1, 0.15) is 6.10 Å². The number of hydrogen-bond acceptors (Lipinski definition) is 4. The molecule has 17 heavy (non-hydrogen) atoms. The summed E-state index contributed by atoms with van der Waals surface area (Å²) in [6.45, 7) is 0.946. The Morgan fingerprint density at radius 3 is 2.82 bits per heavy atom. The van der Waals surface area contributed by atoms with E-state index in [4.69, 9.17) is 15.2 Å². The second kappa shape index (κ2) is 5.80. The van der Waals surface area contributed by atoms with Gasteiger partial charge in [-0.2, -0.15) is 0 Å². The second-order valence-corrected chi connectivity index (χ2v) is 4.23. The molecule has 2 N–H and O–H groups in total. The first kappa shape index (κ1) is 12.1. The zero-order valence-corrected chi connectivity index (χ0v) is 9.67. The standard InChI is InChI=1S/C13H17NO3/c14-11(12-6-7-13(15)17-12)9-16-8-10-4-2-1-3-5-10/h1-5,11-12H,6-9,14H2. The molecule has 2 rings (SSSR count). The lowest BCUT2D eigenvalue weighted by molar-refractivity contribution is -0.142. The number of cyclic esters (lactones) is 1. The summed E-state index contributed by atoms with van der Waals surface area (Å²) in [6, 6.07) is 9.68. The van der Waals surface area contributed by atoms with Gasteiger partial charge in [0.05, 0.1) is 19.3 Å². The number of carbonyl (C=O) groups is 1. The van der Waals surface area contributed by atoms with Crippen molar-refractivity contribution >= 4 is 5.97 Å². The number of hydrogen-bond donors (Lipinski definition) is 1. The molecule has 0 aromatic heterocycles. The summed E-state index contributed by atoms with van der Waals surface area (Å²) in [5.74, 6) is -0.159. The Balaban J connectivity index is 1.70. The monoisotopic (exact) mass is 235 g/mol. The van der Waals surface area contributed by atoms with Crippen LogP contribution in [-0.4, -0.2) is 24.7 Å². The van der Waals surface area contributed by atoms with Crippen LogP contribution >= 0.6 is 0 Å². The Bertz CT molecular complexity index is 366. The molecule has 1 aliphatic heterocycles. The first-order valence-electron chi connectivity index (χ1n) is 5.82. The minimum atomic E-state index is -0.231. The summed E-state index contributed by atoms with van der Waals surface area (Å²) in [5, 5.41) is 0. The van der Waals surface area contributed by atoms with Crippen molar-refractivity contribution in [2.45, 2.75) is 31.6 Å². The first-order chi connectivity index (χ1) is 8.25. The van der Waals surface area contributed by atoms with Gasteiger partial charge in [-0.05, 0) is 12.0 Å². The number of benzene rings is 1. The number of esters is 1. The maximum absolute atomic E-state index is 10.9. The topological polar surface area (TPSA) is 61.5 Å². The summed E-state index contributed by atoms with van der Waals surface area (Å²) in [5.41, 5.74) is 7.02. The predicted molar refractivity (Wildman–Crippen MR) is 63.2 cm³/mol. The molecule has 2 unspecified atom stereocenters. The SMILES string of the molecule is NC(COCc1ccccc1)C1CCC(=O)O1. The van der Waals surface area contributed by atoms with E-state index < -0.39 is 0 Å². The Kier molecular flexibility index (Phi) is 4.12. The van der Waals surface area contributed by atoms with Gasteiger partial charge in [0.15, 0.2) is 0 Å². The van der Waals surface area contributed by atoms with Crippen LogP contribution in [0.15, 0.2) is 30.3 Å². The van der Waals surface area contributed by atoms with E-state index in [0.717, 1.165) is 5.56 Å². The maximum Gasteiger partial charge on any atom is 0.306 e. The molecule has 0 spiro atoms. The minimum Gasteiger partial charge on any atom is -0.461 e. The van der Waals surface area contributed by atoms with Gasteiger partial charge in [-0.25, -0.2) is 0 Å². The summed E-state index contributed by atoms with van der Waals surface area (Å²) < 4.78 is 10.6. The van der Waals surface area contributed by atoms with Crippen molar-refractivity contribution < 1.29 is 14.3 Å². The zero-order valence-electron chi connectivity index (χ0n) is 9.67. The first-order valence-corrected chi connectivity index (χ1v) is 5.82. The molecule has 1 aromatic carbocycles. The fraction of sp³-hybridized carbons (Fsp3) is 0.462. The molecule has 92 valence electrons. The molecule has 0 saturated carbocycles. The lowest BCUT2D eigenvalue weighted by atomic mass is 10.1. The third-order valence-corrected chi connectivity index (χ3v) is 2.82. The molecule has 0 bridgehead atoms. The van der Waals surface area contributed by atoms with E-state index in [9.17, 15) is 4.79 Å². The fourth-order valence-electron chi connectivity index (χ4n) is 1.84. The second-order valence-electron chi connectivity index (χ2n) is 4.23. The molecule has 1 aliphatic rings. The van der Waals surface area contributed by atoms with E-state index >= 15 is 0 Å². The summed E-state index contributed by atoms with van der Waals surface area (Å²) >= 11 is 0. The van der Waals surface area contributed by atoms with Crippen LogP contribution in [0.4, 0.5) is 0 Å². The molecule has 4 heteroatoms. The van der Waals surface area contributed by atoms with Crippen LogP contribution in [0.1, 0.15) is 18.4 Å². The average Bonchev–Trinajstić information content (AvgIpc) is 2.77. The van der Waals surface area contributed by atoms with Crippen molar-refractivity contribution in [3.05, 3.63) is 35.9 Å². The maximum atomic E-state index is 10.9. The van der Waals surface area contributed by atoms with Gasteiger partial charge in [0, 0.05) is 6.42 Å². The molecule has 1 aromatic rings. The van der Waals surface area contributed by atoms with Crippen molar-refractivity contribution in [1.29, 1.82) is 0 Å². The van der Waals surface area contributed by atoms with Crippen molar-refractivity contribution in [3.8, 4) is 0 Å². The highest BCUT2D eigenvalue weighted by Crippen LogP contribution is 2.16. The Hall–Kier alpha value is -1.39. The van der Waals surface area contributed by atoms with Gasteiger partial charge in [0.25, 0.3) is 0 Å².